The number of nitrogens with one attached hydrogen (secondary N) is 3. The van der Waals surface area contributed by atoms with E-state index in [9.17, 15) is 24.6 Å². The standard InChI is InChI=1S/C22H33N3O8S.C2H6/c1-23-6-2-3-16(26)10-15-9-14(13-31-22(30)24-7-8-25-34)4-5-18(15)32-20-12-17(27)11-19(33-20)21(28)29;1-2/h4-5,9,17,19-20,23,25,27,34H,2-3,6-8,10-13H2,1H3,(H,24,30)(H,28,29);1-2H3/t17?,19-,20+;/m1./s1. The van der Waals surface area contributed by atoms with Gasteiger partial charge in [0, 0.05) is 44.3 Å². The van der Waals surface area contributed by atoms with Crippen molar-refractivity contribution in [3.05, 3.63) is 29.3 Å². The number of hydrogen-bond acceptors (Lipinski definition) is 10. The number of thiol groups is 1. The number of ketones is 1. The predicted octanol–water partition coefficient (Wildman–Crippen LogP) is 1.81. The monoisotopic (exact) mass is 529 g/mol. The van der Waals surface area contributed by atoms with Crippen molar-refractivity contribution >= 4 is 30.7 Å². The minimum absolute atomic E-state index is 0.00294. The van der Waals surface area contributed by atoms with Gasteiger partial charge in [0.1, 0.15) is 18.1 Å². The number of rotatable bonds is 14. The van der Waals surface area contributed by atoms with E-state index in [1.54, 1.807) is 18.2 Å². The fraction of sp³-hybridized carbons (Fsp3) is 0.625. The molecule has 3 atom stereocenters. The number of carbonyl (C=O) groups excluding carboxylic acids is 2. The highest BCUT2D eigenvalue weighted by atomic mass is 32.1. The number of carboxylic acids is 1. The van der Waals surface area contributed by atoms with Gasteiger partial charge in [-0.25, -0.2) is 9.59 Å². The first-order chi connectivity index (χ1) is 17.3. The number of aliphatic carboxylic acids is 1. The molecule has 1 aliphatic rings. The molecule has 1 aromatic rings. The van der Waals surface area contributed by atoms with E-state index in [0.29, 0.717) is 49.4 Å². The van der Waals surface area contributed by atoms with Crippen LogP contribution in [0.15, 0.2) is 18.2 Å². The molecule has 12 heteroatoms. The molecule has 0 saturated carbocycles. The lowest BCUT2D eigenvalue weighted by Crippen LogP contribution is -2.42. The fourth-order valence-electron chi connectivity index (χ4n) is 3.40. The molecule has 36 heavy (non-hydrogen) atoms. The largest absolute Gasteiger partial charge is 0.479 e. The Bertz CT molecular complexity index is 827. The molecule has 0 spiro atoms. The van der Waals surface area contributed by atoms with Crippen molar-refractivity contribution in [3.63, 3.8) is 0 Å². The Morgan fingerprint density at radius 3 is 2.58 bits per heavy atom. The molecule has 5 N–H and O–H groups in total. The van der Waals surface area contributed by atoms with Gasteiger partial charge in [0.25, 0.3) is 0 Å². The molecule has 11 nitrogen and oxygen atoms in total. The summed E-state index contributed by atoms with van der Waals surface area (Å²) in [6.45, 7) is 5.53. The van der Waals surface area contributed by atoms with Crippen LogP contribution in [0.5, 0.6) is 5.75 Å². The van der Waals surface area contributed by atoms with Gasteiger partial charge in [-0.3, -0.25) is 9.52 Å². The minimum Gasteiger partial charge on any atom is -0.479 e. The average Bonchev–Trinajstić information content (AvgIpc) is 2.85. The lowest BCUT2D eigenvalue weighted by Gasteiger charge is -2.31. The van der Waals surface area contributed by atoms with Gasteiger partial charge < -0.3 is 35.1 Å². The lowest BCUT2D eigenvalue weighted by molar-refractivity contribution is -0.195. The Morgan fingerprint density at radius 1 is 1.17 bits per heavy atom. The molecule has 204 valence electrons. The van der Waals surface area contributed by atoms with E-state index >= 15 is 0 Å². The molecule has 1 fully saturated rings. The van der Waals surface area contributed by atoms with E-state index in [2.05, 4.69) is 28.2 Å². The van der Waals surface area contributed by atoms with Crippen molar-refractivity contribution in [1.82, 2.24) is 15.4 Å². The van der Waals surface area contributed by atoms with E-state index < -0.39 is 30.6 Å². The summed E-state index contributed by atoms with van der Waals surface area (Å²) in [5, 5.41) is 24.8. The van der Waals surface area contributed by atoms with Gasteiger partial charge in [0.15, 0.2) is 6.10 Å². The molecule has 0 aliphatic carbocycles. The molecule has 1 unspecified atom stereocenters. The van der Waals surface area contributed by atoms with Gasteiger partial charge in [-0.15, -0.1) is 0 Å². The fourth-order valence-corrected chi connectivity index (χ4v) is 3.51. The third-order valence-corrected chi connectivity index (χ3v) is 5.30. The van der Waals surface area contributed by atoms with Gasteiger partial charge in [0.05, 0.1) is 6.10 Å². The van der Waals surface area contributed by atoms with E-state index in [0.717, 1.165) is 0 Å². The third-order valence-electron chi connectivity index (χ3n) is 5.07. The molecule has 1 heterocycles. The summed E-state index contributed by atoms with van der Waals surface area (Å²) < 4.78 is 19.1. The SMILES string of the molecule is CC.CNCCCC(=O)Cc1cc(COC(=O)NCCNS)ccc1O[C@@H]1CC(O)C[C@H](C(=O)O)O1. The van der Waals surface area contributed by atoms with E-state index in [1.807, 2.05) is 20.9 Å². The van der Waals surface area contributed by atoms with Crippen molar-refractivity contribution in [2.24, 2.45) is 0 Å². The molecule has 0 aromatic heterocycles. The molecule has 1 aromatic carbocycles. The van der Waals surface area contributed by atoms with Gasteiger partial charge in [-0.2, -0.15) is 0 Å². The zero-order valence-electron chi connectivity index (χ0n) is 21.1. The van der Waals surface area contributed by atoms with Crippen LogP contribution >= 0.6 is 12.8 Å². The van der Waals surface area contributed by atoms with Crippen molar-refractivity contribution in [2.75, 3.05) is 26.7 Å². The number of aliphatic hydroxyl groups excluding tert-OH is 1. The second kappa shape index (κ2) is 18.0. The summed E-state index contributed by atoms with van der Waals surface area (Å²) in [7, 11) is 1.81. The van der Waals surface area contributed by atoms with Crippen LogP contribution in [0.1, 0.15) is 50.7 Å². The van der Waals surface area contributed by atoms with Crippen LogP contribution < -0.4 is 20.1 Å². The molecule has 0 bridgehead atoms. The normalized spacial score (nSPS) is 19.0. The number of benzene rings is 1. The van der Waals surface area contributed by atoms with Crippen LogP contribution in [-0.2, 0) is 32.1 Å². The Labute approximate surface area is 217 Å². The molecular formula is C24H39N3O8S. The number of ether oxygens (including phenoxy) is 3. The number of carbonyl (C=O) groups is 3. The summed E-state index contributed by atoms with van der Waals surface area (Å²) in [5.41, 5.74) is 1.21. The number of alkyl carbamates (subject to hydrolysis) is 1. The zero-order valence-corrected chi connectivity index (χ0v) is 22.0. The van der Waals surface area contributed by atoms with Gasteiger partial charge >= 0.3 is 12.1 Å². The highest BCUT2D eigenvalue weighted by molar-refractivity contribution is 7.78. The average molecular weight is 530 g/mol. The Balaban J connectivity index is 0.00000316. The first-order valence-corrected chi connectivity index (χ1v) is 12.6. The predicted molar refractivity (Wildman–Crippen MR) is 137 cm³/mol. The first-order valence-electron chi connectivity index (χ1n) is 12.1. The van der Waals surface area contributed by atoms with Gasteiger partial charge in [-0.05, 0) is 37.7 Å². The van der Waals surface area contributed by atoms with Crippen molar-refractivity contribution in [1.29, 1.82) is 0 Å². The highest BCUT2D eigenvalue weighted by Crippen LogP contribution is 2.28. The summed E-state index contributed by atoms with van der Waals surface area (Å²) in [5.74, 6) is -0.829. The molecular weight excluding hydrogens is 490 g/mol. The van der Waals surface area contributed by atoms with Crippen LogP contribution in [0.2, 0.25) is 0 Å². The molecule has 1 amide bonds. The van der Waals surface area contributed by atoms with E-state index in [4.69, 9.17) is 14.2 Å². The molecule has 1 saturated heterocycles. The quantitative estimate of drug-likeness (QED) is 0.155. The second-order valence-electron chi connectivity index (χ2n) is 7.91. The highest BCUT2D eigenvalue weighted by Gasteiger charge is 2.34. The number of amides is 1. The Morgan fingerprint density at radius 2 is 1.92 bits per heavy atom. The lowest BCUT2D eigenvalue weighted by atomic mass is 10.0. The number of Topliss-reactive ketones (excluding diaryl/α,β-unsaturated/α-hetero) is 1. The van der Waals surface area contributed by atoms with E-state index in [1.165, 1.54) is 0 Å². The maximum Gasteiger partial charge on any atom is 0.407 e. The molecule has 1 aliphatic heterocycles. The summed E-state index contributed by atoms with van der Waals surface area (Å²) >= 11 is 3.84. The second-order valence-corrected chi connectivity index (χ2v) is 8.23. The molecule has 0 radical (unpaired) electrons. The third kappa shape index (κ3) is 12.0. The minimum atomic E-state index is -1.18. The van der Waals surface area contributed by atoms with Crippen LogP contribution in [0.3, 0.4) is 0 Å². The van der Waals surface area contributed by atoms with Crippen LogP contribution in [0.4, 0.5) is 4.79 Å². The van der Waals surface area contributed by atoms with Crippen molar-refractivity contribution in [2.45, 2.75) is 71.1 Å². The van der Waals surface area contributed by atoms with E-state index in [-0.39, 0.29) is 31.7 Å². The first kappa shape index (κ1) is 31.6. The van der Waals surface area contributed by atoms with Crippen LogP contribution in [0, 0.1) is 0 Å². The maximum absolute atomic E-state index is 12.5. The Kier molecular flexibility index (Phi) is 15.8. The van der Waals surface area contributed by atoms with Crippen molar-refractivity contribution < 1.29 is 38.8 Å². The van der Waals surface area contributed by atoms with Gasteiger partial charge in [-0.1, -0.05) is 32.7 Å². The maximum atomic E-state index is 12.5. The van der Waals surface area contributed by atoms with Gasteiger partial charge in [0.2, 0.25) is 6.29 Å². The number of aliphatic hydroxyl groups is 1. The molecule has 2 rings (SSSR count). The summed E-state index contributed by atoms with van der Waals surface area (Å²) in [6, 6.07) is 5.01. The smallest absolute Gasteiger partial charge is 0.407 e. The Hall–Kier alpha value is -2.38. The zero-order chi connectivity index (χ0) is 26.9. The summed E-state index contributed by atoms with van der Waals surface area (Å²) in [6.07, 6.45) is -2.38. The van der Waals surface area contributed by atoms with Crippen molar-refractivity contribution in [3.8, 4) is 5.75 Å². The number of hydrogen-bond donors (Lipinski definition) is 6. The van der Waals surface area contributed by atoms with Crippen LogP contribution in [0.25, 0.3) is 0 Å². The summed E-state index contributed by atoms with van der Waals surface area (Å²) in [4.78, 5) is 35.6. The van der Waals surface area contributed by atoms with Crippen LogP contribution in [-0.4, -0.2) is 73.2 Å². The number of carboxylic acid groups (broad SMARTS) is 1. The topological polar surface area (TPSA) is 155 Å².